The lowest BCUT2D eigenvalue weighted by atomic mass is 10.1. The summed E-state index contributed by atoms with van der Waals surface area (Å²) in [5, 5.41) is 10.4. The van der Waals surface area contributed by atoms with Crippen molar-refractivity contribution >= 4 is 22.7 Å². The van der Waals surface area contributed by atoms with Gasteiger partial charge in [-0.1, -0.05) is 35.9 Å². The number of aromatic nitrogens is 2. The first-order valence-electron chi connectivity index (χ1n) is 9.08. The monoisotopic (exact) mass is 380 g/mol. The van der Waals surface area contributed by atoms with Crippen LogP contribution in [-0.2, 0) is 11.3 Å². The summed E-state index contributed by atoms with van der Waals surface area (Å²) in [4.78, 5) is 26.4. The average molecular weight is 380 g/mol. The summed E-state index contributed by atoms with van der Waals surface area (Å²) < 4.78 is 5.37. The Morgan fingerprint density at radius 1 is 1.21 bits per heavy atom. The second-order valence-electron chi connectivity index (χ2n) is 6.69. The third-order valence-electron chi connectivity index (χ3n) is 4.58. The second kappa shape index (κ2) is 8.56. The summed E-state index contributed by atoms with van der Waals surface area (Å²) in [7, 11) is 3.36. The van der Waals surface area contributed by atoms with Gasteiger partial charge in [0.15, 0.2) is 5.69 Å². The van der Waals surface area contributed by atoms with Crippen LogP contribution in [0.1, 0.15) is 28.0 Å². The Balaban J connectivity index is 1.54. The number of nitrogens with one attached hydrogen (secondary N) is 2. The molecule has 146 valence electrons. The fourth-order valence-corrected chi connectivity index (χ4v) is 3.07. The van der Waals surface area contributed by atoms with Crippen LogP contribution >= 0.6 is 0 Å². The lowest BCUT2D eigenvalue weighted by molar-refractivity contribution is -0.130. The number of benzene rings is 2. The zero-order valence-corrected chi connectivity index (χ0v) is 16.3. The predicted octanol–water partition coefficient (Wildman–Crippen LogP) is 2.66. The minimum Gasteiger partial charge on any atom is -0.496 e. The summed E-state index contributed by atoms with van der Waals surface area (Å²) in [6.07, 6.45) is 0.207. The summed E-state index contributed by atoms with van der Waals surface area (Å²) in [6, 6.07) is 13.3. The Labute approximate surface area is 163 Å². The molecule has 0 aliphatic rings. The van der Waals surface area contributed by atoms with Crippen molar-refractivity contribution in [2.75, 3.05) is 20.7 Å². The van der Waals surface area contributed by atoms with E-state index >= 15 is 0 Å². The molecular weight excluding hydrogens is 356 g/mol. The first kappa shape index (κ1) is 19.4. The highest BCUT2D eigenvalue weighted by atomic mass is 16.5. The van der Waals surface area contributed by atoms with E-state index in [9.17, 15) is 9.59 Å². The van der Waals surface area contributed by atoms with Gasteiger partial charge in [-0.25, -0.2) is 0 Å². The van der Waals surface area contributed by atoms with Crippen LogP contribution in [0.25, 0.3) is 10.9 Å². The van der Waals surface area contributed by atoms with Gasteiger partial charge in [-0.2, -0.15) is 5.10 Å². The van der Waals surface area contributed by atoms with E-state index in [2.05, 4.69) is 15.5 Å². The third kappa shape index (κ3) is 4.31. The van der Waals surface area contributed by atoms with E-state index in [1.54, 1.807) is 19.1 Å². The van der Waals surface area contributed by atoms with Gasteiger partial charge in [0, 0.05) is 37.5 Å². The SMILES string of the molecule is COc1ccc(C)cc1CN(C)C(=O)CCNC(=O)c1n[nH]c2ccccc12. The van der Waals surface area contributed by atoms with Crippen molar-refractivity contribution in [1.82, 2.24) is 20.4 Å². The molecule has 7 heteroatoms. The minimum atomic E-state index is -0.298. The zero-order valence-electron chi connectivity index (χ0n) is 16.3. The first-order valence-corrected chi connectivity index (χ1v) is 9.08. The normalized spacial score (nSPS) is 10.7. The maximum Gasteiger partial charge on any atom is 0.272 e. The van der Waals surface area contributed by atoms with Crippen LogP contribution in [0.4, 0.5) is 0 Å². The van der Waals surface area contributed by atoms with E-state index < -0.39 is 0 Å². The molecule has 2 aromatic carbocycles. The average Bonchev–Trinajstić information content (AvgIpc) is 3.12. The molecule has 1 aromatic heterocycles. The van der Waals surface area contributed by atoms with Gasteiger partial charge in [0.1, 0.15) is 5.75 Å². The number of para-hydroxylation sites is 1. The number of ether oxygens (including phenoxy) is 1. The maximum atomic E-state index is 12.4. The highest BCUT2D eigenvalue weighted by molar-refractivity contribution is 6.04. The molecule has 3 aromatic rings. The molecule has 28 heavy (non-hydrogen) atoms. The van der Waals surface area contributed by atoms with Crippen LogP contribution < -0.4 is 10.1 Å². The molecule has 2 amide bonds. The van der Waals surface area contributed by atoms with Gasteiger partial charge in [-0.15, -0.1) is 0 Å². The lowest BCUT2D eigenvalue weighted by Gasteiger charge is -2.19. The predicted molar refractivity (Wildman–Crippen MR) is 107 cm³/mol. The number of carbonyl (C=O) groups is 2. The number of amides is 2. The summed E-state index contributed by atoms with van der Waals surface area (Å²) in [5.74, 6) is 0.396. The van der Waals surface area contributed by atoms with Gasteiger partial charge in [0.2, 0.25) is 5.91 Å². The van der Waals surface area contributed by atoms with Crippen molar-refractivity contribution in [1.29, 1.82) is 0 Å². The molecule has 0 saturated carbocycles. The van der Waals surface area contributed by atoms with Gasteiger partial charge >= 0.3 is 0 Å². The van der Waals surface area contributed by atoms with Crippen LogP contribution in [0, 0.1) is 6.92 Å². The van der Waals surface area contributed by atoms with Gasteiger partial charge in [-0.05, 0) is 19.1 Å². The van der Waals surface area contributed by atoms with Crippen LogP contribution in [0.3, 0.4) is 0 Å². The van der Waals surface area contributed by atoms with Gasteiger partial charge in [0.25, 0.3) is 5.91 Å². The van der Waals surface area contributed by atoms with Crippen molar-refractivity contribution in [2.24, 2.45) is 0 Å². The molecule has 3 rings (SSSR count). The fraction of sp³-hybridized carbons (Fsp3) is 0.286. The van der Waals surface area contributed by atoms with E-state index in [0.29, 0.717) is 12.2 Å². The number of rotatable bonds is 7. The Morgan fingerprint density at radius 2 is 2.00 bits per heavy atom. The quantitative estimate of drug-likeness (QED) is 0.660. The number of H-pyrrole nitrogens is 1. The van der Waals surface area contributed by atoms with Crippen molar-refractivity contribution in [3.63, 3.8) is 0 Å². The molecule has 0 aliphatic carbocycles. The van der Waals surface area contributed by atoms with Crippen LogP contribution in [0.15, 0.2) is 42.5 Å². The lowest BCUT2D eigenvalue weighted by Crippen LogP contribution is -2.32. The van der Waals surface area contributed by atoms with Gasteiger partial charge in [0.05, 0.1) is 12.6 Å². The van der Waals surface area contributed by atoms with E-state index in [0.717, 1.165) is 27.8 Å². The second-order valence-corrected chi connectivity index (χ2v) is 6.69. The van der Waals surface area contributed by atoms with Gasteiger partial charge < -0.3 is 15.0 Å². The highest BCUT2D eigenvalue weighted by Gasteiger charge is 2.15. The Morgan fingerprint density at radius 3 is 2.79 bits per heavy atom. The topological polar surface area (TPSA) is 87.3 Å². The number of aryl methyl sites for hydroxylation is 1. The number of aromatic amines is 1. The molecule has 0 aliphatic heterocycles. The molecule has 0 radical (unpaired) electrons. The molecule has 0 bridgehead atoms. The third-order valence-corrected chi connectivity index (χ3v) is 4.58. The molecule has 0 spiro atoms. The largest absolute Gasteiger partial charge is 0.496 e. The molecule has 1 heterocycles. The number of nitrogens with zero attached hydrogens (tertiary/aromatic N) is 2. The fourth-order valence-electron chi connectivity index (χ4n) is 3.07. The van der Waals surface area contributed by atoms with Crippen LogP contribution in [-0.4, -0.2) is 47.6 Å². The van der Waals surface area contributed by atoms with Crippen molar-refractivity contribution in [3.05, 3.63) is 59.3 Å². The zero-order chi connectivity index (χ0) is 20.1. The minimum absolute atomic E-state index is 0.0595. The summed E-state index contributed by atoms with van der Waals surface area (Å²) in [5.41, 5.74) is 3.19. The summed E-state index contributed by atoms with van der Waals surface area (Å²) in [6.45, 7) is 2.69. The summed E-state index contributed by atoms with van der Waals surface area (Å²) >= 11 is 0. The molecule has 0 atom stereocenters. The van der Waals surface area contributed by atoms with Crippen molar-refractivity contribution in [2.45, 2.75) is 19.9 Å². The molecule has 0 saturated heterocycles. The number of fused-ring (bicyclic) bond motifs is 1. The molecule has 7 nitrogen and oxygen atoms in total. The van der Waals surface area contributed by atoms with Crippen LogP contribution in [0.5, 0.6) is 5.75 Å². The number of hydrogen-bond donors (Lipinski definition) is 2. The standard InChI is InChI=1S/C21H24N4O3/c1-14-8-9-18(28-3)15(12-14)13-25(2)19(26)10-11-22-21(27)20-16-6-4-5-7-17(16)23-24-20/h4-9,12H,10-11,13H2,1-3H3,(H,22,27)(H,23,24). The molecule has 0 fully saturated rings. The maximum absolute atomic E-state index is 12.4. The van der Waals surface area contributed by atoms with E-state index in [4.69, 9.17) is 4.74 Å². The molecule has 0 unspecified atom stereocenters. The first-order chi connectivity index (χ1) is 13.5. The Kier molecular flexibility index (Phi) is 5.93. The van der Waals surface area contributed by atoms with Crippen LogP contribution in [0.2, 0.25) is 0 Å². The van der Waals surface area contributed by atoms with E-state index in [1.165, 1.54) is 0 Å². The molecular formula is C21H24N4O3. The van der Waals surface area contributed by atoms with Crippen molar-refractivity contribution in [3.8, 4) is 5.75 Å². The smallest absolute Gasteiger partial charge is 0.272 e. The van der Waals surface area contributed by atoms with Gasteiger partial charge in [-0.3, -0.25) is 14.7 Å². The number of methoxy groups -OCH3 is 1. The van der Waals surface area contributed by atoms with E-state index in [1.807, 2.05) is 49.4 Å². The Hall–Kier alpha value is -3.35. The Bertz CT molecular complexity index is 996. The number of carbonyl (C=O) groups excluding carboxylic acids is 2. The molecule has 2 N–H and O–H groups in total. The highest BCUT2D eigenvalue weighted by Crippen LogP contribution is 2.21. The van der Waals surface area contributed by atoms with Crippen molar-refractivity contribution < 1.29 is 14.3 Å². The van der Waals surface area contributed by atoms with E-state index in [-0.39, 0.29) is 24.8 Å². The number of hydrogen-bond acceptors (Lipinski definition) is 4.